The number of halogens is 1. The molecule has 1 aliphatic rings. The number of ether oxygens (including phenoxy) is 1. The predicted molar refractivity (Wildman–Crippen MR) is 99.7 cm³/mol. The number of para-hydroxylation sites is 1. The van der Waals surface area contributed by atoms with Crippen LogP contribution in [0.15, 0.2) is 47.1 Å². The molecular weight excluding hydrogens is 352 g/mol. The highest BCUT2D eigenvalue weighted by Gasteiger charge is 2.26. The first-order chi connectivity index (χ1) is 12.7. The van der Waals surface area contributed by atoms with E-state index in [4.69, 9.17) is 20.9 Å². The highest BCUT2D eigenvalue weighted by molar-refractivity contribution is 6.30. The lowest BCUT2D eigenvalue weighted by Gasteiger charge is -2.31. The van der Waals surface area contributed by atoms with E-state index in [2.05, 4.69) is 20.0 Å². The fraction of sp³-hybridized carbons (Fsp3) is 0.316. The number of nitrogens with zero attached hydrogens (tertiary/aromatic N) is 4. The van der Waals surface area contributed by atoms with E-state index in [9.17, 15) is 0 Å². The van der Waals surface area contributed by atoms with Crippen LogP contribution in [-0.4, -0.2) is 35.3 Å². The molecule has 2 aromatic heterocycles. The number of anilines is 1. The largest absolute Gasteiger partial charge is 0.496 e. The molecule has 1 aromatic carbocycles. The van der Waals surface area contributed by atoms with Gasteiger partial charge in [0.25, 0.3) is 0 Å². The first-order valence-electron chi connectivity index (χ1n) is 8.58. The van der Waals surface area contributed by atoms with Gasteiger partial charge in [0, 0.05) is 25.2 Å². The number of rotatable bonds is 4. The third kappa shape index (κ3) is 3.37. The van der Waals surface area contributed by atoms with Crippen molar-refractivity contribution in [2.24, 2.45) is 0 Å². The van der Waals surface area contributed by atoms with E-state index in [1.165, 1.54) is 0 Å². The van der Waals surface area contributed by atoms with Gasteiger partial charge in [-0.25, -0.2) is 4.98 Å². The van der Waals surface area contributed by atoms with Crippen LogP contribution in [-0.2, 0) is 0 Å². The number of pyridine rings is 1. The highest BCUT2D eigenvalue weighted by atomic mass is 35.5. The minimum Gasteiger partial charge on any atom is -0.496 e. The van der Waals surface area contributed by atoms with Gasteiger partial charge in [-0.1, -0.05) is 28.9 Å². The van der Waals surface area contributed by atoms with Gasteiger partial charge in [0.1, 0.15) is 11.6 Å². The van der Waals surface area contributed by atoms with E-state index in [0.29, 0.717) is 16.7 Å². The van der Waals surface area contributed by atoms with Gasteiger partial charge in [-0.2, -0.15) is 4.98 Å². The molecule has 0 radical (unpaired) electrons. The Morgan fingerprint density at radius 3 is 2.69 bits per heavy atom. The number of methoxy groups -OCH3 is 1. The van der Waals surface area contributed by atoms with E-state index in [-0.39, 0.29) is 5.92 Å². The van der Waals surface area contributed by atoms with Crippen molar-refractivity contribution in [3.63, 3.8) is 0 Å². The van der Waals surface area contributed by atoms with Crippen LogP contribution in [0.2, 0.25) is 5.02 Å². The van der Waals surface area contributed by atoms with Crippen molar-refractivity contribution in [2.45, 2.75) is 18.8 Å². The lowest BCUT2D eigenvalue weighted by molar-refractivity contribution is 0.329. The standard InChI is InChI=1S/C19H19ClN4O2/c1-25-16-5-3-2-4-15(16)18-22-19(26-23-18)13-8-10-24(11-9-13)17-7-6-14(20)12-21-17/h2-7,12-13H,8-11H2,1H3. The summed E-state index contributed by atoms with van der Waals surface area (Å²) in [5.74, 6) is 3.21. The molecule has 7 heteroatoms. The lowest BCUT2D eigenvalue weighted by atomic mass is 9.97. The van der Waals surface area contributed by atoms with Gasteiger partial charge in [-0.3, -0.25) is 0 Å². The normalized spacial score (nSPS) is 15.2. The Morgan fingerprint density at radius 2 is 1.96 bits per heavy atom. The van der Waals surface area contributed by atoms with Gasteiger partial charge in [0.05, 0.1) is 17.7 Å². The first kappa shape index (κ1) is 16.8. The quantitative estimate of drug-likeness (QED) is 0.686. The molecule has 1 fully saturated rings. The van der Waals surface area contributed by atoms with Crippen molar-refractivity contribution in [2.75, 3.05) is 25.1 Å². The molecule has 26 heavy (non-hydrogen) atoms. The van der Waals surface area contributed by atoms with Crippen molar-refractivity contribution in [1.82, 2.24) is 15.1 Å². The maximum absolute atomic E-state index is 5.91. The summed E-state index contributed by atoms with van der Waals surface area (Å²) in [6.07, 6.45) is 3.57. The molecule has 1 aliphatic heterocycles. The zero-order valence-electron chi connectivity index (χ0n) is 14.4. The second-order valence-corrected chi connectivity index (χ2v) is 6.69. The smallest absolute Gasteiger partial charge is 0.230 e. The molecule has 0 aliphatic carbocycles. The Labute approximate surface area is 156 Å². The number of aromatic nitrogens is 3. The molecule has 3 heterocycles. The Hall–Kier alpha value is -2.60. The highest BCUT2D eigenvalue weighted by Crippen LogP contribution is 2.32. The van der Waals surface area contributed by atoms with E-state index in [1.807, 2.05) is 36.4 Å². The molecule has 0 N–H and O–H groups in total. The van der Waals surface area contributed by atoms with Crippen molar-refractivity contribution >= 4 is 17.4 Å². The Morgan fingerprint density at radius 1 is 1.15 bits per heavy atom. The molecule has 4 rings (SSSR count). The zero-order chi connectivity index (χ0) is 17.9. The van der Waals surface area contributed by atoms with Crippen LogP contribution >= 0.6 is 11.6 Å². The molecule has 0 atom stereocenters. The van der Waals surface area contributed by atoms with Crippen molar-refractivity contribution in [1.29, 1.82) is 0 Å². The van der Waals surface area contributed by atoms with Crippen LogP contribution < -0.4 is 9.64 Å². The second kappa shape index (κ2) is 7.33. The molecule has 0 amide bonds. The Bertz CT molecular complexity index is 873. The fourth-order valence-electron chi connectivity index (χ4n) is 3.25. The maximum atomic E-state index is 5.91. The zero-order valence-corrected chi connectivity index (χ0v) is 15.2. The van der Waals surface area contributed by atoms with Crippen molar-refractivity contribution in [3.05, 3.63) is 53.5 Å². The summed E-state index contributed by atoms with van der Waals surface area (Å²) < 4.78 is 10.9. The van der Waals surface area contributed by atoms with Crippen LogP contribution in [0.4, 0.5) is 5.82 Å². The summed E-state index contributed by atoms with van der Waals surface area (Å²) in [5.41, 5.74) is 0.841. The average molecular weight is 371 g/mol. The molecule has 3 aromatic rings. The summed E-state index contributed by atoms with van der Waals surface area (Å²) in [4.78, 5) is 11.3. The number of benzene rings is 1. The number of piperidine rings is 1. The summed E-state index contributed by atoms with van der Waals surface area (Å²) in [7, 11) is 1.64. The molecule has 1 saturated heterocycles. The van der Waals surface area contributed by atoms with Crippen molar-refractivity contribution < 1.29 is 9.26 Å². The summed E-state index contributed by atoms with van der Waals surface area (Å²) in [6, 6.07) is 11.5. The summed E-state index contributed by atoms with van der Waals surface area (Å²) in [6.45, 7) is 1.79. The number of hydrogen-bond acceptors (Lipinski definition) is 6. The third-order valence-corrected chi connectivity index (χ3v) is 4.89. The van der Waals surface area contributed by atoms with Crippen molar-refractivity contribution in [3.8, 4) is 17.1 Å². The number of hydrogen-bond donors (Lipinski definition) is 0. The van der Waals surface area contributed by atoms with Gasteiger partial charge in [-0.15, -0.1) is 0 Å². The monoisotopic (exact) mass is 370 g/mol. The maximum Gasteiger partial charge on any atom is 0.230 e. The first-order valence-corrected chi connectivity index (χ1v) is 8.96. The van der Waals surface area contributed by atoms with E-state index >= 15 is 0 Å². The topological polar surface area (TPSA) is 64.3 Å². The van der Waals surface area contributed by atoms with Gasteiger partial charge in [-0.05, 0) is 37.1 Å². The molecular formula is C19H19ClN4O2. The Kier molecular flexibility index (Phi) is 4.75. The van der Waals surface area contributed by atoms with Gasteiger partial charge in [0.15, 0.2) is 0 Å². The van der Waals surface area contributed by atoms with E-state index < -0.39 is 0 Å². The Balaban J connectivity index is 1.45. The fourth-order valence-corrected chi connectivity index (χ4v) is 3.36. The van der Waals surface area contributed by atoms with E-state index in [0.717, 1.165) is 43.1 Å². The van der Waals surface area contributed by atoms with E-state index in [1.54, 1.807) is 13.3 Å². The lowest BCUT2D eigenvalue weighted by Crippen LogP contribution is -2.33. The molecule has 0 saturated carbocycles. The molecule has 6 nitrogen and oxygen atoms in total. The minimum absolute atomic E-state index is 0.259. The van der Waals surface area contributed by atoms with Crippen LogP contribution in [0.3, 0.4) is 0 Å². The SMILES string of the molecule is COc1ccccc1-c1noc(C2CCN(c3ccc(Cl)cn3)CC2)n1. The summed E-state index contributed by atoms with van der Waals surface area (Å²) >= 11 is 5.91. The molecule has 134 valence electrons. The summed E-state index contributed by atoms with van der Waals surface area (Å²) in [5, 5.41) is 4.80. The minimum atomic E-state index is 0.259. The third-order valence-electron chi connectivity index (χ3n) is 4.67. The van der Waals surface area contributed by atoms with Crippen LogP contribution in [0.25, 0.3) is 11.4 Å². The molecule has 0 spiro atoms. The average Bonchev–Trinajstić information content (AvgIpc) is 3.19. The second-order valence-electron chi connectivity index (χ2n) is 6.25. The van der Waals surface area contributed by atoms with Crippen LogP contribution in [0.5, 0.6) is 5.75 Å². The molecule has 0 bridgehead atoms. The van der Waals surface area contributed by atoms with Crippen LogP contribution in [0.1, 0.15) is 24.7 Å². The van der Waals surface area contributed by atoms with Gasteiger partial charge >= 0.3 is 0 Å². The predicted octanol–water partition coefficient (Wildman–Crippen LogP) is 4.18. The van der Waals surface area contributed by atoms with Crippen LogP contribution in [0, 0.1) is 0 Å². The molecule has 0 unspecified atom stereocenters. The van der Waals surface area contributed by atoms with Gasteiger partial charge < -0.3 is 14.2 Å². The van der Waals surface area contributed by atoms with Gasteiger partial charge in [0.2, 0.25) is 11.7 Å².